The highest BCUT2D eigenvalue weighted by Crippen LogP contribution is 2.10. The van der Waals surface area contributed by atoms with Gasteiger partial charge in [-0.2, -0.15) is 0 Å². The molecule has 86 valence electrons. The SMILES string of the molecule is OC1CCNC/C1=C\CN1CCOCC1. The van der Waals surface area contributed by atoms with Gasteiger partial charge in [0.15, 0.2) is 0 Å². The number of piperidine rings is 1. The molecule has 15 heavy (non-hydrogen) atoms. The first-order valence-electron chi connectivity index (χ1n) is 5.74. The number of morpholine rings is 1. The number of nitrogens with one attached hydrogen (secondary N) is 1. The van der Waals surface area contributed by atoms with E-state index < -0.39 is 0 Å². The molecular weight excluding hydrogens is 192 g/mol. The average Bonchev–Trinajstić information content (AvgIpc) is 2.29. The Morgan fingerprint density at radius 1 is 1.47 bits per heavy atom. The molecule has 0 aromatic rings. The smallest absolute Gasteiger partial charge is 0.0775 e. The van der Waals surface area contributed by atoms with Crippen molar-refractivity contribution in [3.8, 4) is 0 Å². The first-order valence-corrected chi connectivity index (χ1v) is 5.74. The summed E-state index contributed by atoms with van der Waals surface area (Å²) in [5, 5.41) is 13.0. The molecule has 1 unspecified atom stereocenters. The Morgan fingerprint density at radius 2 is 2.27 bits per heavy atom. The molecule has 0 aromatic carbocycles. The summed E-state index contributed by atoms with van der Waals surface area (Å²) in [4.78, 5) is 2.36. The molecule has 2 rings (SSSR count). The van der Waals surface area contributed by atoms with Crippen molar-refractivity contribution < 1.29 is 9.84 Å². The monoisotopic (exact) mass is 212 g/mol. The average molecular weight is 212 g/mol. The minimum absolute atomic E-state index is 0.229. The number of nitrogens with zero attached hydrogens (tertiary/aromatic N) is 1. The summed E-state index contributed by atoms with van der Waals surface area (Å²) in [5.74, 6) is 0. The molecule has 0 amide bonds. The van der Waals surface area contributed by atoms with Crippen molar-refractivity contribution in [1.29, 1.82) is 0 Å². The maximum Gasteiger partial charge on any atom is 0.0775 e. The van der Waals surface area contributed by atoms with Gasteiger partial charge in [0, 0.05) is 26.2 Å². The van der Waals surface area contributed by atoms with Crippen LogP contribution in [-0.4, -0.2) is 62.0 Å². The van der Waals surface area contributed by atoms with E-state index in [1.54, 1.807) is 0 Å². The standard InChI is InChI=1S/C11H20N2O2/c14-11-1-3-12-9-10(11)2-4-13-5-7-15-8-6-13/h2,11-12,14H,1,3-9H2/b10-2+. The van der Waals surface area contributed by atoms with Crippen LogP contribution in [0.1, 0.15) is 6.42 Å². The van der Waals surface area contributed by atoms with Gasteiger partial charge in [-0.05, 0) is 18.5 Å². The molecular formula is C11H20N2O2. The number of aliphatic hydroxyl groups is 1. The van der Waals surface area contributed by atoms with E-state index in [-0.39, 0.29) is 6.10 Å². The molecule has 1 atom stereocenters. The zero-order valence-corrected chi connectivity index (χ0v) is 9.11. The van der Waals surface area contributed by atoms with Crippen LogP contribution in [0, 0.1) is 0 Å². The zero-order chi connectivity index (χ0) is 10.5. The van der Waals surface area contributed by atoms with Gasteiger partial charge in [0.25, 0.3) is 0 Å². The van der Waals surface area contributed by atoms with Crippen LogP contribution in [0.15, 0.2) is 11.6 Å². The summed E-state index contributed by atoms with van der Waals surface area (Å²) in [6.45, 7) is 6.40. The Morgan fingerprint density at radius 3 is 3.00 bits per heavy atom. The number of hydrogen-bond donors (Lipinski definition) is 2. The summed E-state index contributed by atoms with van der Waals surface area (Å²) < 4.78 is 5.29. The molecule has 2 N–H and O–H groups in total. The fraction of sp³-hybridized carbons (Fsp3) is 0.818. The normalized spacial score (nSPS) is 32.1. The minimum atomic E-state index is -0.229. The Labute approximate surface area is 90.9 Å². The van der Waals surface area contributed by atoms with E-state index in [1.165, 1.54) is 0 Å². The van der Waals surface area contributed by atoms with Crippen LogP contribution in [-0.2, 0) is 4.74 Å². The van der Waals surface area contributed by atoms with Crippen molar-refractivity contribution in [3.05, 3.63) is 11.6 Å². The second kappa shape index (κ2) is 5.61. The Bertz CT molecular complexity index is 225. The van der Waals surface area contributed by atoms with Crippen molar-refractivity contribution in [2.75, 3.05) is 45.9 Å². The molecule has 0 aromatic heterocycles. The van der Waals surface area contributed by atoms with Crippen LogP contribution >= 0.6 is 0 Å². The molecule has 2 aliphatic rings. The van der Waals surface area contributed by atoms with Crippen molar-refractivity contribution in [1.82, 2.24) is 10.2 Å². The van der Waals surface area contributed by atoms with Crippen molar-refractivity contribution in [3.63, 3.8) is 0 Å². The predicted octanol–water partition coefficient (Wildman–Crippen LogP) is -0.401. The largest absolute Gasteiger partial charge is 0.389 e. The molecule has 0 saturated carbocycles. The van der Waals surface area contributed by atoms with E-state index in [9.17, 15) is 5.11 Å². The van der Waals surface area contributed by atoms with Crippen molar-refractivity contribution in [2.24, 2.45) is 0 Å². The highest BCUT2D eigenvalue weighted by atomic mass is 16.5. The summed E-state index contributed by atoms with van der Waals surface area (Å²) in [5.41, 5.74) is 1.15. The summed E-state index contributed by atoms with van der Waals surface area (Å²) in [6.07, 6.45) is 2.78. The third-order valence-corrected chi connectivity index (χ3v) is 3.07. The molecule has 0 spiro atoms. The first kappa shape index (κ1) is 11.1. The Balaban J connectivity index is 1.80. The van der Waals surface area contributed by atoms with Gasteiger partial charge in [-0.1, -0.05) is 6.08 Å². The lowest BCUT2D eigenvalue weighted by atomic mass is 10.0. The third-order valence-electron chi connectivity index (χ3n) is 3.07. The predicted molar refractivity (Wildman–Crippen MR) is 58.8 cm³/mol. The Hall–Kier alpha value is -0.420. The quantitative estimate of drug-likeness (QED) is 0.611. The van der Waals surface area contributed by atoms with E-state index in [4.69, 9.17) is 4.74 Å². The van der Waals surface area contributed by atoms with Crippen LogP contribution < -0.4 is 5.32 Å². The topological polar surface area (TPSA) is 44.7 Å². The van der Waals surface area contributed by atoms with Gasteiger partial charge in [0.2, 0.25) is 0 Å². The lowest BCUT2D eigenvalue weighted by Gasteiger charge is -2.27. The fourth-order valence-electron chi connectivity index (χ4n) is 2.01. The third kappa shape index (κ3) is 3.28. The van der Waals surface area contributed by atoms with Gasteiger partial charge in [-0.25, -0.2) is 0 Å². The summed E-state index contributed by atoms with van der Waals surface area (Å²) in [6, 6.07) is 0. The molecule has 2 aliphatic heterocycles. The van der Waals surface area contributed by atoms with E-state index in [0.29, 0.717) is 0 Å². The number of ether oxygens (including phenoxy) is 1. The van der Waals surface area contributed by atoms with Gasteiger partial charge < -0.3 is 15.2 Å². The second-order valence-corrected chi connectivity index (χ2v) is 4.17. The number of rotatable bonds is 2. The van der Waals surface area contributed by atoms with Crippen LogP contribution in [0.3, 0.4) is 0 Å². The molecule has 4 nitrogen and oxygen atoms in total. The molecule has 2 heterocycles. The number of hydrogen-bond acceptors (Lipinski definition) is 4. The summed E-state index contributed by atoms with van der Waals surface area (Å²) >= 11 is 0. The van der Waals surface area contributed by atoms with Crippen LogP contribution in [0.5, 0.6) is 0 Å². The highest BCUT2D eigenvalue weighted by molar-refractivity contribution is 5.13. The maximum atomic E-state index is 9.75. The highest BCUT2D eigenvalue weighted by Gasteiger charge is 2.16. The van der Waals surface area contributed by atoms with Gasteiger partial charge in [0.05, 0.1) is 19.3 Å². The molecule has 0 bridgehead atoms. The first-order chi connectivity index (χ1) is 7.36. The number of aliphatic hydroxyl groups excluding tert-OH is 1. The molecule has 0 aliphatic carbocycles. The van der Waals surface area contributed by atoms with Gasteiger partial charge in [-0.15, -0.1) is 0 Å². The molecule has 2 fully saturated rings. The molecule has 4 heteroatoms. The van der Waals surface area contributed by atoms with E-state index >= 15 is 0 Å². The zero-order valence-electron chi connectivity index (χ0n) is 9.11. The minimum Gasteiger partial charge on any atom is -0.389 e. The van der Waals surface area contributed by atoms with Crippen molar-refractivity contribution >= 4 is 0 Å². The van der Waals surface area contributed by atoms with E-state index in [1.807, 2.05) is 0 Å². The second-order valence-electron chi connectivity index (χ2n) is 4.17. The van der Waals surface area contributed by atoms with Gasteiger partial charge in [-0.3, -0.25) is 4.90 Å². The van der Waals surface area contributed by atoms with Gasteiger partial charge in [0.1, 0.15) is 0 Å². The van der Waals surface area contributed by atoms with E-state index in [0.717, 1.165) is 57.9 Å². The van der Waals surface area contributed by atoms with Crippen LogP contribution in [0.25, 0.3) is 0 Å². The van der Waals surface area contributed by atoms with E-state index in [2.05, 4.69) is 16.3 Å². The van der Waals surface area contributed by atoms with Crippen molar-refractivity contribution in [2.45, 2.75) is 12.5 Å². The maximum absolute atomic E-state index is 9.75. The van der Waals surface area contributed by atoms with Crippen LogP contribution in [0.2, 0.25) is 0 Å². The molecule has 2 saturated heterocycles. The Kier molecular flexibility index (Phi) is 4.14. The lowest BCUT2D eigenvalue weighted by Crippen LogP contribution is -2.38. The lowest BCUT2D eigenvalue weighted by molar-refractivity contribution is 0.0431. The van der Waals surface area contributed by atoms with Crippen LogP contribution in [0.4, 0.5) is 0 Å². The summed E-state index contributed by atoms with van der Waals surface area (Å²) in [7, 11) is 0. The molecule has 0 radical (unpaired) electrons. The fourth-order valence-corrected chi connectivity index (χ4v) is 2.01. The van der Waals surface area contributed by atoms with Gasteiger partial charge >= 0.3 is 0 Å².